The third kappa shape index (κ3) is 4.16. The van der Waals surface area contributed by atoms with Gasteiger partial charge in [-0.1, -0.05) is 23.2 Å². The molecular formula is C22H24Cl2N6O. The number of H-pyrrole nitrogens is 1. The van der Waals surface area contributed by atoms with Crippen molar-refractivity contribution >= 4 is 51.6 Å². The molecule has 7 nitrogen and oxygen atoms in total. The van der Waals surface area contributed by atoms with E-state index in [1.54, 1.807) is 24.5 Å². The van der Waals surface area contributed by atoms with E-state index in [0.717, 1.165) is 67.9 Å². The molecule has 1 unspecified atom stereocenters. The average Bonchev–Trinajstić information content (AvgIpc) is 3.24. The van der Waals surface area contributed by atoms with Gasteiger partial charge >= 0.3 is 0 Å². The maximum Gasteiger partial charge on any atom is 0.245 e. The monoisotopic (exact) mass is 458 g/mol. The highest BCUT2D eigenvalue weighted by Gasteiger charge is 2.35. The Balaban J connectivity index is 1.32. The number of nitrogens with one attached hydrogen (secondary N) is 2. The molecular weight excluding hydrogens is 435 g/mol. The summed E-state index contributed by atoms with van der Waals surface area (Å²) in [6.07, 6.45) is 7.26. The summed E-state index contributed by atoms with van der Waals surface area (Å²) in [5.74, 6) is 1.08. The summed E-state index contributed by atoms with van der Waals surface area (Å²) in [5.41, 5.74) is 1.62. The van der Waals surface area contributed by atoms with Gasteiger partial charge in [0.2, 0.25) is 5.91 Å². The normalized spacial score (nSPS) is 22.2. The number of likely N-dealkylation sites (tertiary alicyclic amines) is 1. The molecule has 162 valence electrons. The van der Waals surface area contributed by atoms with Crippen LogP contribution in [0, 0.1) is 0 Å². The van der Waals surface area contributed by atoms with E-state index in [4.69, 9.17) is 23.2 Å². The minimum absolute atomic E-state index is 0.142. The topological polar surface area (TPSA) is 77.2 Å². The first kappa shape index (κ1) is 20.4. The van der Waals surface area contributed by atoms with Crippen molar-refractivity contribution in [1.29, 1.82) is 0 Å². The second-order valence-electron chi connectivity index (χ2n) is 8.21. The van der Waals surface area contributed by atoms with Crippen molar-refractivity contribution in [3.63, 3.8) is 0 Å². The Bertz CT molecular complexity index is 1080. The zero-order valence-corrected chi connectivity index (χ0v) is 18.5. The van der Waals surface area contributed by atoms with Gasteiger partial charge in [0.1, 0.15) is 23.8 Å². The number of aromatic nitrogens is 3. The van der Waals surface area contributed by atoms with Crippen molar-refractivity contribution in [1.82, 2.24) is 19.9 Å². The van der Waals surface area contributed by atoms with Gasteiger partial charge in [-0.25, -0.2) is 9.97 Å². The van der Waals surface area contributed by atoms with E-state index in [9.17, 15) is 4.79 Å². The summed E-state index contributed by atoms with van der Waals surface area (Å²) in [4.78, 5) is 29.7. The SMILES string of the molecule is O=C1C(Nc2cc(Cl)cc(Cl)c2)CCCN1[C@@H]1CCCN(c2ncnc3[nH]ccc23)C1. The van der Waals surface area contributed by atoms with Gasteiger partial charge in [-0.15, -0.1) is 0 Å². The lowest BCUT2D eigenvalue weighted by molar-refractivity contribution is -0.137. The van der Waals surface area contributed by atoms with Crippen LogP contribution in [0.25, 0.3) is 11.0 Å². The largest absolute Gasteiger partial charge is 0.374 e. The zero-order valence-electron chi connectivity index (χ0n) is 17.0. The fraction of sp³-hybridized carbons (Fsp3) is 0.409. The van der Waals surface area contributed by atoms with Crippen molar-refractivity contribution < 1.29 is 4.79 Å². The molecule has 2 saturated heterocycles. The molecule has 31 heavy (non-hydrogen) atoms. The Labute approximate surface area is 190 Å². The molecule has 0 spiro atoms. The van der Waals surface area contributed by atoms with E-state index < -0.39 is 0 Å². The average molecular weight is 459 g/mol. The van der Waals surface area contributed by atoms with Gasteiger partial charge in [-0.2, -0.15) is 0 Å². The van der Waals surface area contributed by atoms with Gasteiger partial charge in [-0.05, 0) is 49.9 Å². The number of halogens is 2. The minimum Gasteiger partial charge on any atom is -0.374 e. The Morgan fingerprint density at radius 3 is 2.71 bits per heavy atom. The minimum atomic E-state index is -0.269. The number of hydrogen-bond donors (Lipinski definition) is 2. The third-order valence-electron chi connectivity index (χ3n) is 6.15. The van der Waals surface area contributed by atoms with Crippen molar-refractivity contribution in [3.8, 4) is 0 Å². The maximum absolute atomic E-state index is 13.4. The number of aromatic amines is 1. The van der Waals surface area contributed by atoms with Crippen LogP contribution in [-0.2, 0) is 4.79 Å². The van der Waals surface area contributed by atoms with Gasteiger partial charge in [0.05, 0.1) is 5.39 Å². The molecule has 0 aliphatic carbocycles. The second-order valence-corrected chi connectivity index (χ2v) is 9.08. The van der Waals surface area contributed by atoms with Crippen LogP contribution < -0.4 is 10.2 Å². The van der Waals surface area contributed by atoms with Crippen LogP contribution in [0.3, 0.4) is 0 Å². The van der Waals surface area contributed by atoms with Crippen LogP contribution in [0.4, 0.5) is 11.5 Å². The summed E-state index contributed by atoms with van der Waals surface area (Å²) in [6, 6.07) is 7.20. The molecule has 0 saturated carbocycles. The highest BCUT2D eigenvalue weighted by Crippen LogP contribution is 2.29. The fourth-order valence-electron chi connectivity index (χ4n) is 4.75. The van der Waals surface area contributed by atoms with Crippen molar-refractivity contribution in [2.24, 2.45) is 0 Å². The summed E-state index contributed by atoms with van der Waals surface area (Å²) in [7, 11) is 0. The Morgan fingerprint density at radius 2 is 1.87 bits per heavy atom. The molecule has 1 amide bonds. The first-order valence-electron chi connectivity index (χ1n) is 10.6. The van der Waals surface area contributed by atoms with E-state index in [2.05, 4.69) is 30.1 Å². The van der Waals surface area contributed by atoms with Crippen LogP contribution in [0.1, 0.15) is 25.7 Å². The first-order valence-corrected chi connectivity index (χ1v) is 11.4. The molecule has 2 aliphatic rings. The maximum atomic E-state index is 13.4. The summed E-state index contributed by atoms with van der Waals surface area (Å²) in [6.45, 7) is 2.49. The Hall–Kier alpha value is -2.51. The number of carbonyl (C=O) groups is 1. The molecule has 2 aromatic heterocycles. The first-order chi connectivity index (χ1) is 15.1. The highest BCUT2D eigenvalue weighted by molar-refractivity contribution is 6.35. The molecule has 0 bridgehead atoms. The van der Waals surface area contributed by atoms with E-state index in [0.29, 0.717) is 10.0 Å². The Morgan fingerprint density at radius 1 is 1.06 bits per heavy atom. The number of piperidine rings is 2. The molecule has 5 rings (SSSR count). The number of anilines is 2. The van der Waals surface area contributed by atoms with E-state index in [1.165, 1.54) is 0 Å². The van der Waals surface area contributed by atoms with E-state index >= 15 is 0 Å². The van der Waals surface area contributed by atoms with Gasteiger partial charge in [0, 0.05) is 47.6 Å². The van der Waals surface area contributed by atoms with Crippen LogP contribution in [0.15, 0.2) is 36.8 Å². The lowest BCUT2D eigenvalue weighted by atomic mass is 9.97. The third-order valence-corrected chi connectivity index (χ3v) is 6.58. The van der Waals surface area contributed by atoms with Gasteiger partial charge in [-0.3, -0.25) is 4.79 Å². The Kier molecular flexibility index (Phi) is 5.63. The van der Waals surface area contributed by atoms with E-state index in [1.807, 2.05) is 12.3 Å². The predicted molar refractivity (Wildman–Crippen MR) is 124 cm³/mol. The number of nitrogens with zero attached hydrogens (tertiary/aromatic N) is 4. The van der Waals surface area contributed by atoms with Crippen LogP contribution in [0.2, 0.25) is 10.0 Å². The summed E-state index contributed by atoms with van der Waals surface area (Å²) in [5, 5.41) is 5.47. The molecule has 2 N–H and O–H groups in total. The van der Waals surface area contributed by atoms with Crippen molar-refractivity contribution in [2.45, 2.75) is 37.8 Å². The molecule has 0 radical (unpaired) electrons. The number of benzene rings is 1. The predicted octanol–water partition coefficient (Wildman–Crippen LogP) is 4.34. The molecule has 3 aromatic rings. The summed E-state index contributed by atoms with van der Waals surface area (Å²) < 4.78 is 0. The standard InChI is InChI=1S/C22H24Cl2N6O/c23-14-9-15(24)11-16(10-14)28-19-4-2-8-30(22(19)31)17-3-1-7-29(12-17)21-18-5-6-25-20(18)26-13-27-21/h5-6,9-11,13,17,19,28H,1-4,7-8,12H2,(H,25,26,27)/t17-,19?/m1/s1. The van der Waals surface area contributed by atoms with Crippen LogP contribution in [0.5, 0.6) is 0 Å². The smallest absolute Gasteiger partial charge is 0.245 e. The number of rotatable bonds is 4. The van der Waals surface area contributed by atoms with Crippen molar-refractivity contribution in [2.75, 3.05) is 29.9 Å². The van der Waals surface area contributed by atoms with Gasteiger partial charge < -0.3 is 20.1 Å². The van der Waals surface area contributed by atoms with Crippen molar-refractivity contribution in [3.05, 3.63) is 46.8 Å². The molecule has 1 aromatic carbocycles. The lowest BCUT2D eigenvalue weighted by Gasteiger charge is -2.43. The molecule has 9 heteroatoms. The van der Waals surface area contributed by atoms with Gasteiger partial charge in [0.25, 0.3) is 0 Å². The number of fused-ring (bicyclic) bond motifs is 1. The highest BCUT2D eigenvalue weighted by atomic mass is 35.5. The molecule has 2 atom stereocenters. The molecule has 4 heterocycles. The molecule has 2 fully saturated rings. The lowest BCUT2D eigenvalue weighted by Crippen LogP contribution is -2.56. The zero-order chi connectivity index (χ0) is 21.4. The summed E-state index contributed by atoms with van der Waals surface area (Å²) >= 11 is 12.2. The van der Waals surface area contributed by atoms with Crippen LogP contribution in [-0.4, -0.2) is 57.5 Å². The second kappa shape index (κ2) is 8.55. The number of carbonyl (C=O) groups excluding carboxylic acids is 1. The number of hydrogen-bond acceptors (Lipinski definition) is 5. The fourth-order valence-corrected chi connectivity index (χ4v) is 5.27. The van der Waals surface area contributed by atoms with Gasteiger partial charge in [0.15, 0.2) is 0 Å². The molecule has 2 aliphatic heterocycles. The van der Waals surface area contributed by atoms with Crippen LogP contribution >= 0.6 is 23.2 Å². The number of amides is 1. The van der Waals surface area contributed by atoms with E-state index in [-0.39, 0.29) is 18.0 Å². The quantitative estimate of drug-likeness (QED) is 0.607.